The lowest BCUT2D eigenvalue weighted by molar-refractivity contribution is 0.0263. The monoisotopic (exact) mass is 223 g/mol. The standard InChI is InChI=1S/C11H17N3O2/c1-11(2,3)16-10(15)14(8-5-6-12)9-7-13-4/h5,7-9H2,1-3H3. The molecule has 0 aliphatic rings. The quantitative estimate of drug-likeness (QED) is 0.685. The second-order valence-electron chi connectivity index (χ2n) is 4.26. The molecule has 0 atom stereocenters. The SMILES string of the molecule is [C-]#[N+]CCN(CCC#N)C(=O)OC(C)(C)C. The van der Waals surface area contributed by atoms with Gasteiger partial charge >= 0.3 is 6.09 Å². The molecule has 1 amide bonds. The summed E-state index contributed by atoms with van der Waals surface area (Å²) in [7, 11) is 0. The van der Waals surface area contributed by atoms with Crippen LogP contribution in [0.3, 0.4) is 0 Å². The molecular formula is C11H17N3O2. The minimum atomic E-state index is -0.555. The van der Waals surface area contributed by atoms with Gasteiger partial charge in [0.25, 0.3) is 0 Å². The molecule has 0 saturated carbocycles. The molecule has 0 saturated heterocycles. The van der Waals surface area contributed by atoms with Crippen molar-refractivity contribution in [2.24, 2.45) is 0 Å². The molecular weight excluding hydrogens is 206 g/mol. The minimum absolute atomic E-state index is 0.227. The van der Waals surface area contributed by atoms with Gasteiger partial charge in [-0.05, 0) is 20.8 Å². The number of hydrogen-bond donors (Lipinski definition) is 0. The fourth-order valence-corrected chi connectivity index (χ4v) is 0.977. The molecule has 0 aromatic rings. The Labute approximate surface area is 96.4 Å². The van der Waals surface area contributed by atoms with Crippen LogP contribution in [0.5, 0.6) is 0 Å². The minimum Gasteiger partial charge on any atom is -0.444 e. The van der Waals surface area contributed by atoms with Gasteiger partial charge < -0.3 is 9.58 Å². The highest BCUT2D eigenvalue weighted by molar-refractivity contribution is 5.68. The molecule has 0 bridgehead atoms. The van der Waals surface area contributed by atoms with Gasteiger partial charge in [0.15, 0.2) is 0 Å². The van der Waals surface area contributed by atoms with E-state index in [4.69, 9.17) is 16.6 Å². The van der Waals surface area contributed by atoms with E-state index in [0.717, 1.165) is 0 Å². The summed E-state index contributed by atoms with van der Waals surface area (Å²) in [5.74, 6) is 0. The number of amides is 1. The van der Waals surface area contributed by atoms with Crippen molar-refractivity contribution in [1.29, 1.82) is 5.26 Å². The molecule has 0 spiro atoms. The van der Waals surface area contributed by atoms with E-state index in [2.05, 4.69) is 4.85 Å². The first-order valence-electron chi connectivity index (χ1n) is 5.09. The van der Waals surface area contributed by atoms with Gasteiger partial charge in [-0.25, -0.2) is 11.4 Å². The number of nitriles is 1. The van der Waals surface area contributed by atoms with Crippen LogP contribution in [-0.2, 0) is 4.74 Å². The number of nitrogens with zero attached hydrogens (tertiary/aromatic N) is 3. The second kappa shape index (κ2) is 6.68. The topological polar surface area (TPSA) is 57.7 Å². The third-order valence-corrected chi connectivity index (χ3v) is 1.63. The van der Waals surface area contributed by atoms with E-state index in [0.29, 0.717) is 13.1 Å². The van der Waals surface area contributed by atoms with Crippen molar-refractivity contribution in [2.75, 3.05) is 19.6 Å². The zero-order valence-electron chi connectivity index (χ0n) is 9.99. The smallest absolute Gasteiger partial charge is 0.410 e. The molecule has 0 fully saturated rings. The third-order valence-electron chi connectivity index (χ3n) is 1.63. The van der Waals surface area contributed by atoms with Crippen LogP contribution in [0.15, 0.2) is 0 Å². The number of hydrogen-bond acceptors (Lipinski definition) is 3. The van der Waals surface area contributed by atoms with Crippen molar-refractivity contribution < 1.29 is 9.53 Å². The summed E-state index contributed by atoms with van der Waals surface area (Å²) < 4.78 is 5.17. The molecule has 5 heteroatoms. The molecule has 0 aromatic carbocycles. The fourth-order valence-electron chi connectivity index (χ4n) is 0.977. The van der Waals surface area contributed by atoms with E-state index in [1.165, 1.54) is 4.90 Å². The Kier molecular flexibility index (Phi) is 5.95. The van der Waals surface area contributed by atoms with Crippen LogP contribution in [-0.4, -0.2) is 36.2 Å². The molecule has 0 unspecified atom stereocenters. The van der Waals surface area contributed by atoms with Crippen LogP contribution in [0.1, 0.15) is 27.2 Å². The van der Waals surface area contributed by atoms with Crippen LogP contribution in [0.2, 0.25) is 0 Å². The van der Waals surface area contributed by atoms with Gasteiger partial charge in [0, 0.05) is 6.54 Å². The Balaban J connectivity index is 4.33. The lowest BCUT2D eigenvalue weighted by Crippen LogP contribution is -2.38. The van der Waals surface area contributed by atoms with E-state index < -0.39 is 11.7 Å². The normalized spacial score (nSPS) is 10.1. The number of rotatable bonds is 4. The fraction of sp³-hybridized carbons (Fsp3) is 0.727. The first-order valence-corrected chi connectivity index (χ1v) is 5.09. The summed E-state index contributed by atoms with van der Waals surface area (Å²) in [6, 6.07) is 1.97. The van der Waals surface area contributed by atoms with Crippen molar-refractivity contribution in [3.63, 3.8) is 0 Å². The van der Waals surface area contributed by atoms with E-state index >= 15 is 0 Å². The largest absolute Gasteiger partial charge is 0.444 e. The van der Waals surface area contributed by atoms with E-state index in [1.54, 1.807) is 20.8 Å². The van der Waals surface area contributed by atoms with Crippen molar-refractivity contribution in [3.05, 3.63) is 11.4 Å². The van der Waals surface area contributed by atoms with E-state index in [9.17, 15) is 4.79 Å². The maximum atomic E-state index is 11.7. The highest BCUT2D eigenvalue weighted by Gasteiger charge is 2.22. The molecule has 0 heterocycles. The summed E-state index contributed by atoms with van der Waals surface area (Å²) in [4.78, 5) is 16.2. The van der Waals surface area contributed by atoms with E-state index in [-0.39, 0.29) is 13.0 Å². The average molecular weight is 223 g/mol. The maximum Gasteiger partial charge on any atom is 0.410 e. The Morgan fingerprint density at radius 1 is 1.50 bits per heavy atom. The lowest BCUT2D eigenvalue weighted by atomic mass is 10.2. The predicted molar refractivity (Wildman–Crippen MR) is 59.5 cm³/mol. The Morgan fingerprint density at radius 3 is 2.56 bits per heavy atom. The molecule has 16 heavy (non-hydrogen) atoms. The molecule has 5 nitrogen and oxygen atoms in total. The summed E-state index contributed by atoms with van der Waals surface area (Å²) >= 11 is 0. The van der Waals surface area contributed by atoms with Gasteiger partial charge in [-0.1, -0.05) is 0 Å². The lowest BCUT2D eigenvalue weighted by Gasteiger charge is -2.25. The summed E-state index contributed by atoms with van der Waals surface area (Å²) in [6.07, 6.45) is -0.219. The molecule has 0 aliphatic heterocycles. The first-order chi connectivity index (χ1) is 7.40. The summed E-state index contributed by atoms with van der Waals surface area (Å²) in [5.41, 5.74) is -0.555. The number of carbonyl (C=O) groups excluding carboxylic acids is 1. The molecule has 0 aliphatic carbocycles. The number of carbonyl (C=O) groups is 1. The van der Waals surface area contributed by atoms with Gasteiger partial charge in [-0.2, -0.15) is 5.26 Å². The van der Waals surface area contributed by atoms with Gasteiger partial charge in [-0.3, -0.25) is 4.90 Å². The van der Waals surface area contributed by atoms with Crippen molar-refractivity contribution in [2.45, 2.75) is 32.8 Å². The van der Waals surface area contributed by atoms with Crippen LogP contribution < -0.4 is 0 Å². The van der Waals surface area contributed by atoms with Gasteiger partial charge in [0.05, 0.1) is 19.0 Å². The van der Waals surface area contributed by atoms with Gasteiger partial charge in [-0.15, -0.1) is 0 Å². The second-order valence-corrected chi connectivity index (χ2v) is 4.26. The van der Waals surface area contributed by atoms with Gasteiger partial charge in [0.1, 0.15) is 5.60 Å². The average Bonchev–Trinajstić information content (AvgIpc) is 2.15. The van der Waals surface area contributed by atoms with Crippen molar-refractivity contribution in [3.8, 4) is 6.07 Å². The van der Waals surface area contributed by atoms with Crippen molar-refractivity contribution >= 4 is 6.09 Å². The Hall–Kier alpha value is -1.75. The van der Waals surface area contributed by atoms with Crippen LogP contribution in [0, 0.1) is 17.9 Å². The zero-order chi connectivity index (χ0) is 12.6. The Bertz CT molecular complexity index is 289. The maximum absolute atomic E-state index is 11.7. The highest BCUT2D eigenvalue weighted by atomic mass is 16.6. The molecule has 0 radical (unpaired) electrons. The van der Waals surface area contributed by atoms with Crippen LogP contribution >= 0.6 is 0 Å². The molecule has 0 rings (SSSR count). The highest BCUT2D eigenvalue weighted by Crippen LogP contribution is 2.10. The van der Waals surface area contributed by atoms with Crippen molar-refractivity contribution in [1.82, 2.24) is 4.90 Å². The van der Waals surface area contributed by atoms with E-state index in [1.807, 2.05) is 6.07 Å². The third kappa shape index (κ3) is 6.67. The van der Waals surface area contributed by atoms with Gasteiger partial charge in [0.2, 0.25) is 6.54 Å². The molecule has 0 N–H and O–H groups in total. The zero-order valence-corrected chi connectivity index (χ0v) is 9.99. The predicted octanol–water partition coefficient (Wildman–Crippen LogP) is 2.06. The molecule has 0 aromatic heterocycles. The summed E-state index contributed by atoms with van der Waals surface area (Å²) in [5, 5.41) is 8.47. The Morgan fingerprint density at radius 2 is 2.12 bits per heavy atom. The first kappa shape index (κ1) is 14.2. The molecule has 88 valence electrons. The number of ether oxygens (including phenoxy) is 1. The van der Waals surface area contributed by atoms with Crippen LogP contribution in [0.25, 0.3) is 4.85 Å². The van der Waals surface area contributed by atoms with Crippen LogP contribution in [0.4, 0.5) is 4.79 Å². The summed E-state index contributed by atoms with van der Waals surface area (Å²) in [6.45, 7) is 12.9.